The minimum Gasteiger partial charge on any atom is -0.361 e. The molecule has 19 heavy (non-hydrogen) atoms. The van der Waals surface area contributed by atoms with Crippen LogP contribution in [0.4, 0.5) is 0 Å². The quantitative estimate of drug-likeness (QED) is 0.815. The van der Waals surface area contributed by atoms with Crippen LogP contribution in [-0.4, -0.2) is 29.0 Å². The van der Waals surface area contributed by atoms with Gasteiger partial charge in [0.15, 0.2) is 0 Å². The topological polar surface area (TPSA) is 19.0 Å². The van der Waals surface area contributed by atoms with Gasteiger partial charge in [-0.15, -0.1) is 0 Å². The molecule has 2 nitrogen and oxygen atoms in total. The summed E-state index contributed by atoms with van der Waals surface area (Å²) in [6.07, 6.45) is 7.78. The van der Waals surface area contributed by atoms with Crippen LogP contribution in [0.2, 0.25) is 0 Å². The third-order valence-electron chi connectivity index (χ3n) is 5.13. The number of fused-ring (bicyclic) bond motifs is 2. The predicted molar refractivity (Wildman–Crippen MR) is 81.7 cm³/mol. The Morgan fingerprint density at radius 1 is 1.26 bits per heavy atom. The van der Waals surface area contributed by atoms with Crippen molar-refractivity contribution in [2.75, 3.05) is 13.1 Å². The lowest BCUT2D eigenvalue weighted by Gasteiger charge is -2.34. The molecule has 0 bridgehead atoms. The van der Waals surface area contributed by atoms with Gasteiger partial charge in [-0.25, -0.2) is 0 Å². The molecule has 2 atom stereocenters. The van der Waals surface area contributed by atoms with Gasteiger partial charge in [0.1, 0.15) is 0 Å². The van der Waals surface area contributed by atoms with Gasteiger partial charge in [-0.3, -0.25) is 0 Å². The summed E-state index contributed by atoms with van der Waals surface area (Å²) in [6.45, 7) is 4.83. The Hall–Kier alpha value is -1.28. The number of H-pyrrole nitrogens is 1. The number of aromatic nitrogens is 1. The van der Waals surface area contributed by atoms with E-state index in [2.05, 4.69) is 41.2 Å². The molecular weight excluding hydrogens is 232 g/mol. The Morgan fingerprint density at radius 3 is 3.16 bits per heavy atom. The number of aryl methyl sites for hydroxylation is 1. The molecule has 0 spiro atoms. The summed E-state index contributed by atoms with van der Waals surface area (Å²) in [7, 11) is 0. The Labute approximate surface area is 116 Å². The second-order valence-electron chi connectivity index (χ2n) is 6.35. The Kier molecular flexibility index (Phi) is 2.66. The highest BCUT2D eigenvalue weighted by molar-refractivity contribution is 5.84. The first-order valence-electron chi connectivity index (χ1n) is 7.63. The van der Waals surface area contributed by atoms with Gasteiger partial charge in [0.25, 0.3) is 0 Å². The van der Waals surface area contributed by atoms with Gasteiger partial charge in [0, 0.05) is 24.6 Å². The van der Waals surface area contributed by atoms with Gasteiger partial charge in [-0.2, -0.15) is 0 Å². The van der Waals surface area contributed by atoms with Gasteiger partial charge in [0.05, 0.1) is 0 Å². The van der Waals surface area contributed by atoms with Crippen molar-refractivity contribution in [2.24, 2.45) is 0 Å². The van der Waals surface area contributed by atoms with E-state index in [1.165, 1.54) is 55.2 Å². The normalized spacial score (nSPS) is 27.8. The number of benzene rings is 1. The number of aromatic amines is 1. The SMILES string of the molecule is Cc1ccc2[nH]cc(C3CCN4CCCC4C3)c2c1.[HH]. The van der Waals surface area contributed by atoms with Gasteiger partial charge >= 0.3 is 0 Å². The predicted octanol–water partition coefficient (Wildman–Crippen LogP) is 4.06. The lowest BCUT2D eigenvalue weighted by molar-refractivity contribution is 0.181. The molecule has 3 heterocycles. The average molecular weight is 256 g/mol. The molecule has 2 unspecified atom stereocenters. The average Bonchev–Trinajstić information content (AvgIpc) is 3.03. The first-order valence-corrected chi connectivity index (χ1v) is 7.63. The summed E-state index contributed by atoms with van der Waals surface area (Å²) in [5.41, 5.74) is 4.23. The highest BCUT2D eigenvalue weighted by Gasteiger charge is 2.32. The maximum absolute atomic E-state index is 3.46. The molecule has 2 aliphatic heterocycles. The van der Waals surface area contributed by atoms with Gasteiger partial charge in [0.2, 0.25) is 0 Å². The van der Waals surface area contributed by atoms with Crippen molar-refractivity contribution in [3.8, 4) is 0 Å². The lowest BCUT2D eigenvalue weighted by atomic mass is 9.85. The van der Waals surface area contributed by atoms with E-state index in [1.807, 2.05) is 0 Å². The highest BCUT2D eigenvalue weighted by atomic mass is 15.2. The molecule has 4 rings (SSSR count). The monoisotopic (exact) mass is 256 g/mol. The fourth-order valence-electron chi connectivity index (χ4n) is 4.10. The molecule has 2 saturated heterocycles. The van der Waals surface area contributed by atoms with Crippen LogP contribution in [0.1, 0.15) is 44.2 Å². The van der Waals surface area contributed by atoms with Crippen LogP contribution in [0.25, 0.3) is 10.9 Å². The summed E-state index contributed by atoms with van der Waals surface area (Å²) >= 11 is 0. The Bertz CT molecular complexity index is 604. The molecule has 2 aromatic rings. The van der Waals surface area contributed by atoms with Gasteiger partial charge < -0.3 is 9.88 Å². The van der Waals surface area contributed by atoms with E-state index in [9.17, 15) is 0 Å². The van der Waals surface area contributed by atoms with E-state index in [1.54, 1.807) is 5.56 Å². The van der Waals surface area contributed by atoms with Crippen molar-refractivity contribution in [1.82, 2.24) is 9.88 Å². The van der Waals surface area contributed by atoms with E-state index in [-0.39, 0.29) is 1.43 Å². The molecule has 0 amide bonds. The smallest absolute Gasteiger partial charge is 0.0457 e. The lowest BCUT2D eigenvalue weighted by Crippen LogP contribution is -2.37. The molecule has 0 saturated carbocycles. The molecule has 0 aliphatic carbocycles. The summed E-state index contributed by atoms with van der Waals surface area (Å²) in [5.74, 6) is 0.759. The number of piperidine rings is 1. The zero-order valence-corrected chi connectivity index (χ0v) is 11.7. The molecule has 2 fully saturated rings. The Balaban J connectivity index is 0.00000121. The van der Waals surface area contributed by atoms with Crippen molar-refractivity contribution in [3.63, 3.8) is 0 Å². The fraction of sp³-hybridized carbons (Fsp3) is 0.529. The van der Waals surface area contributed by atoms with Crippen molar-refractivity contribution >= 4 is 10.9 Å². The van der Waals surface area contributed by atoms with E-state index in [0.29, 0.717) is 0 Å². The molecule has 2 aliphatic rings. The fourth-order valence-corrected chi connectivity index (χ4v) is 4.10. The third kappa shape index (κ3) is 1.90. The molecule has 1 N–H and O–H groups in total. The van der Waals surface area contributed by atoms with Crippen LogP contribution in [0.5, 0.6) is 0 Å². The third-order valence-corrected chi connectivity index (χ3v) is 5.13. The summed E-state index contributed by atoms with van der Waals surface area (Å²) in [5, 5.41) is 1.46. The van der Waals surface area contributed by atoms with Crippen molar-refractivity contribution in [1.29, 1.82) is 0 Å². The molecule has 102 valence electrons. The van der Waals surface area contributed by atoms with Crippen molar-refractivity contribution < 1.29 is 1.43 Å². The standard InChI is InChI=1S/C17H22N2.H2/c1-12-4-5-17-15(9-12)16(11-18-17)13-6-8-19-7-2-3-14(19)10-13;/h4-5,9,11,13-14,18H,2-3,6-8,10H2,1H3;1H. The largest absolute Gasteiger partial charge is 0.361 e. The van der Waals surface area contributed by atoms with E-state index in [0.717, 1.165) is 12.0 Å². The second kappa shape index (κ2) is 4.38. The molecular formula is C17H24N2. The van der Waals surface area contributed by atoms with Gasteiger partial charge in [-0.1, -0.05) is 11.6 Å². The maximum atomic E-state index is 3.46. The molecule has 1 aromatic carbocycles. The van der Waals surface area contributed by atoms with Crippen molar-refractivity contribution in [2.45, 2.75) is 44.6 Å². The first-order chi connectivity index (χ1) is 9.31. The minimum absolute atomic E-state index is 0. The van der Waals surface area contributed by atoms with Crippen LogP contribution in [0.3, 0.4) is 0 Å². The van der Waals surface area contributed by atoms with Crippen LogP contribution in [-0.2, 0) is 0 Å². The number of rotatable bonds is 1. The number of nitrogens with zero attached hydrogens (tertiary/aromatic N) is 1. The van der Waals surface area contributed by atoms with Crippen LogP contribution in [0.15, 0.2) is 24.4 Å². The van der Waals surface area contributed by atoms with E-state index in [4.69, 9.17) is 0 Å². The molecule has 2 heteroatoms. The highest BCUT2D eigenvalue weighted by Crippen LogP contribution is 2.38. The Morgan fingerprint density at radius 2 is 2.21 bits per heavy atom. The molecule has 1 aromatic heterocycles. The zero-order valence-electron chi connectivity index (χ0n) is 11.7. The number of nitrogens with one attached hydrogen (secondary N) is 1. The summed E-state index contributed by atoms with van der Waals surface area (Å²) < 4.78 is 0. The number of hydrogen-bond donors (Lipinski definition) is 1. The zero-order chi connectivity index (χ0) is 12.8. The first kappa shape index (κ1) is 11.5. The summed E-state index contributed by atoms with van der Waals surface area (Å²) in [6, 6.07) is 7.62. The van der Waals surface area contributed by atoms with Crippen LogP contribution >= 0.6 is 0 Å². The van der Waals surface area contributed by atoms with E-state index < -0.39 is 0 Å². The number of hydrogen-bond acceptors (Lipinski definition) is 1. The molecule has 0 radical (unpaired) electrons. The van der Waals surface area contributed by atoms with Crippen LogP contribution in [0, 0.1) is 6.92 Å². The maximum Gasteiger partial charge on any atom is 0.0457 e. The summed E-state index contributed by atoms with van der Waals surface area (Å²) in [4.78, 5) is 6.16. The van der Waals surface area contributed by atoms with Gasteiger partial charge in [-0.05, 0) is 69.3 Å². The van der Waals surface area contributed by atoms with E-state index >= 15 is 0 Å². The second-order valence-corrected chi connectivity index (χ2v) is 6.35. The van der Waals surface area contributed by atoms with Crippen LogP contribution < -0.4 is 0 Å². The van der Waals surface area contributed by atoms with Crippen molar-refractivity contribution in [3.05, 3.63) is 35.5 Å². The minimum atomic E-state index is 0.